The minimum atomic E-state index is -4.42. The molecule has 0 fully saturated rings. The largest absolute Gasteiger partial charge is 0.344 e. The van der Waals surface area contributed by atoms with Crippen molar-refractivity contribution in [3.63, 3.8) is 0 Å². The predicted octanol–water partition coefficient (Wildman–Crippen LogP) is 7.59. The number of anilines is 1. The van der Waals surface area contributed by atoms with E-state index in [4.69, 9.17) is 0 Å². The topological polar surface area (TPSA) is 132 Å². The molecule has 0 saturated heterocycles. The van der Waals surface area contributed by atoms with Crippen molar-refractivity contribution in [1.82, 2.24) is 0 Å². The van der Waals surface area contributed by atoms with Gasteiger partial charge in [-0.2, -0.15) is 21.4 Å². The average molecular weight is 862 g/mol. The summed E-state index contributed by atoms with van der Waals surface area (Å²) in [6.45, 7) is 13.1. The minimum absolute atomic E-state index is 0.135. The van der Waals surface area contributed by atoms with Crippen molar-refractivity contribution < 1.29 is 44.3 Å². The first-order valence-electron chi connectivity index (χ1n) is 20.6. The Morgan fingerprint density at radius 3 is 1.90 bits per heavy atom. The molecule has 0 radical (unpaired) electrons. The predicted molar refractivity (Wildman–Crippen MR) is 241 cm³/mol. The van der Waals surface area contributed by atoms with Gasteiger partial charge in [0.15, 0.2) is 12.3 Å². The van der Waals surface area contributed by atoms with Crippen LogP contribution >= 0.6 is 0 Å². The fourth-order valence-corrected chi connectivity index (χ4v) is 9.30. The number of Topliss-reactive ketones (excluding diaryl/α,β-unsaturated/α-hetero) is 1. The standard InChI is InChI=1S/C47H63N4O7S2/c1-34(52)14-15-35-16-18-36(19-17-35)37(20-26-44-46(2,3)40-32-38(59(53,54)55)22-24-42(40)48(44)28-12-30-50(6,7)8)21-27-45-47(4,5)41-33-39(60(56,57)58)23-25-43(41)49(45)29-13-31-51(9,10)11/h16-27,32-33H,12-15,28-31H2,1-11H3/q+1/p+2. The number of carbonyl (C=O) groups is 1. The number of allylic oxidation sites excluding steroid dienone is 6. The summed E-state index contributed by atoms with van der Waals surface area (Å²) in [5.41, 5.74) is 7.05. The lowest BCUT2D eigenvalue weighted by Gasteiger charge is -2.29. The number of ketones is 1. The molecule has 3 aromatic rings. The molecule has 0 aromatic heterocycles. The molecule has 13 heteroatoms. The maximum atomic E-state index is 12.3. The number of quaternary nitrogens is 2. The van der Waals surface area contributed by atoms with Gasteiger partial charge in [-0.25, -0.2) is 0 Å². The number of hydrogen-bond donors (Lipinski definition) is 2. The molecule has 0 aliphatic carbocycles. The normalized spacial score (nSPS) is 17.5. The lowest BCUT2D eigenvalue weighted by Crippen LogP contribution is -2.37. The zero-order valence-corrected chi connectivity index (χ0v) is 38.9. The first-order valence-corrected chi connectivity index (χ1v) is 23.4. The van der Waals surface area contributed by atoms with Gasteiger partial charge in [0.2, 0.25) is 5.69 Å². The van der Waals surface area contributed by atoms with Crippen molar-refractivity contribution in [3.8, 4) is 0 Å². The fraction of sp³-hybridized carbons (Fsp3) is 0.447. The SMILES string of the molecule is CC(=O)CCc1ccc(C(=C\C=C2\N(CCC[N+](C)(C)C)c3ccc(S(=O)(=O)O)cc3C2(C)C)/C=C/C2=[N+](CCC[N+](C)(C)C)c3ccc(S(=O)(=O)O)cc3C2(C)C)cc1. The Bertz CT molecular complexity index is 2480. The third-order valence-corrected chi connectivity index (χ3v) is 13.3. The van der Waals surface area contributed by atoms with Crippen molar-refractivity contribution in [2.24, 2.45) is 0 Å². The van der Waals surface area contributed by atoms with Crippen LogP contribution in [-0.4, -0.2) is 119 Å². The van der Waals surface area contributed by atoms with E-state index in [-0.39, 0.29) is 15.6 Å². The number of aryl methyl sites for hydroxylation is 1. The van der Waals surface area contributed by atoms with E-state index in [1.165, 1.54) is 12.1 Å². The minimum Gasteiger partial charge on any atom is -0.344 e. The van der Waals surface area contributed by atoms with Crippen LogP contribution in [0, 0.1) is 0 Å². The van der Waals surface area contributed by atoms with E-state index in [1.807, 2.05) is 12.1 Å². The third kappa shape index (κ3) is 11.0. The van der Waals surface area contributed by atoms with E-state index in [2.05, 4.69) is 116 Å². The van der Waals surface area contributed by atoms with Gasteiger partial charge in [-0.05, 0) is 91.9 Å². The van der Waals surface area contributed by atoms with Crippen LogP contribution in [0.1, 0.15) is 76.1 Å². The van der Waals surface area contributed by atoms with Crippen molar-refractivity contribution in [2.45, 2.75) is 80.9 Å². The van der Waals surface area contributed by atoms with Gasteiger partial charge in [0, 0.05) is 53.9 Å². The first kappa shape index (κ1) is 46.8. The highest BCUT2D eigenvalue weighted by Crippen LogP contribution is 2.49. The molecule has 0 spiro atoms. The molecule has 0 saturated carbocycles. The Kier molecular flexibility index (Phi) is 13.5. The van der Waals surface area contributed by atoms with Crippen LogP contribution in [0.5, 0.6) is 0 Å². The van der Waals surface area contributed by atoms with Crippen molar-refractivity contribution in [3.05, 3.63) is 113 Å². The molecule has 0 amide bonds. The molecule has 0 unspecified atom stereocenters. The van der Waals surface area contributed by atoms with Crippen LogP contribution in [0.15, 0.2) is 100 Å². The van der Waals surface area contributed by atoms with E-state index < -0.39 is 31.1 Å². The van der Waals surface area contributed by atoms with Crippen LogP contribution in [-0.2, 0) is 42.3 Å². The van der Waals surface area contributed by atoms with E-state index in [0.717, 1.165) is 85.5 Å². The number of nitrogens with zero attached hydrogens (tertiary/aromatic N) is 4. The van der Waals surface area contributed by atoms with Crippen LogP contribution < -0.4 is 4.90 Å². The van der Waals surface area contributed by atoms with Crippen LogP contribution in [0.3, 0.4) is 0 Å². The molecule has 60 heavy (non-hydrogen) atoms. The summed E-state index contributed by atoms with van der Waals surface area (Å²) < 4.78 is 73.0. The van der Waals surface area contributed by atoms with Crippen molar-refractivity contribution >= 4 is 48.7 Å². The van der Waals surface area contributed by atoms with Gasteiger partial charge in [-0.1, -0.05) is 44.2 Å². The Morgan fingerprint density at radius 1 is 0.767 bits per heavy atom. The molecule has 2 N–H and O–H groups in total. The second-order valence-corrected chi connectivity index (χ2v) is 22.2. The molecule has 2 heterocycles. The molecule has 324 valence electrons. The summed E-state index contributed by atoms with van der Waals surface area (Å²) in [4.78, 5) is 13.8. The van der Waals surface area contributed by atoms with Gasteiger partial charge in [-0.15, -0.1) is 0 Å². The van der Waals surface area contributed by atoms with Crippen molar-refractivity contribution in [2.75, 3.05) is 73.4 Å². The van der Waals surface area contributed by atoms with E-state index in [1.54, 1.807) is 31.2 Å². The van der Waals surface area contributed by atoms with Gasteiger partial charge < -0.3 is 18.7 Å². The number of rotatable bonds is 17. The van der Waals surface area contributed by atoms with Gasteiger partial charge >= 0.3 is 0 Å². The van der Waals surface area contributed by atoms with Crippen molar-refractivity contribution in [1.29, 1.82) is 0 Å². The summed E-state index contributed by atoms with van der Waals surface area (Å²) in [6.07, 6.45) is 11.3. The number of carbonyl (C=O) groups excluding carboxylic acids is 1. The Balaban J connectivity index is 1.68. The Labute approximate surface area is 358 Å². The smallest absolute Gasteiger partial charge is 0.294 e. The molecular weight excluding hydrogens is 797 g/mol. The number of hydrogen-bond acceptors (Lipinski definition) is 6. The summed E-state index contributed by atoms with van der Waals surface area (Å²) >= 11 is 0. The summed E-state index contributed by atoms with van der Waals surface area (Å²) in [5.74, 6) is 0.135. The highest BCUT2D eigenvalue weighted by atomic mass is 32.2. The monoisotopic (exact) mass is 861 g/mol. The van der Waals surface area contributed by atoms with Gasteiger partial charge in [0.05, 0.1) is 77.0 Å². The highest BCUT2D eigenvalue weighted by molar-refractivity contribution is 7.86. The van der Waals surface area contributed by atoms with E-state index in [9.17, 15) is 30.7 Å². The summed E-state index contributed by atoms with van der Waals surface area (Å²) in [5, 5.41) is 0. The zero-order chi connectivity index (χ0) is 44.6. The fourth-order valence-electron chi connectivity index (χ4n) is 8.29. The maximum Gasteiger partial charge on any atom is 0.294 e. The summed E-state index contributed by atoms with van der Waals surface area (Å²) in [7, 11) is 4.10. The lowest BCUT2D eigenvalue weighted by molar-refractivity contribution is -0.871. The Morgan fingerprint density at radius 2 is 1.33 bits per heavy atom. The lowest BCUT2D eigenvalue weighted by atomic mass is 9.81. The molecule has 2 aliphatic rings. The van der Waals surface area contributed by atoms with Gasteiger partial charge in [-0.3, -0.25) is 9.11 Å². The molecule has 11 nitrogen and oxygen atoms in total. The summed E-state index contributed by atoms with van der Waals surface area (Å²) in [6, 6.07) is 17.9. The van der Waals surface area contributed by atoms with Gasteiger partial charge in [0.1, 0.15) is 5.78 Å². The van der Waals surface area contributed by atoms with E-state index in [0.29, 0.717) is 25.9 Å². The molecule has 5 rings (SSSR count). The zero-order valence-electron chi connectivity index (χ0n) is 37.3. The molecule has 3 aromatic carbocycles. The molecule has 2 aliphatic heterocycles. The molecular formula is C47H65N4O7S2+3. The van der Waals surface area contributed by atoms with Crippen LogP contribution in [0.4, 0.5) is 11.4 Å². The first-order chi connectivity index (χ1) is 27.6. The third-order valence-electron chi connectivity index (χ3n) is 11.6. The quantitative estimate of drug-likeness (QED) is 0.0615. The number of fused-ring (bicyclic) bond motifs is 2. The second-order valence-electron chi connectivity index (χ2n) is 19.4. The number of benzene rings is 3. The van der Waals surface area contributed by atoms with E-state index >= 15 is 0 Å². The van der Waals surface area contributed by atoms with Crippen LogP contribution in [0.2, 0.25) is 0 Å². The molecule has 0 atom stereocenters. The Hall–Kier alpha value is -4.24. The second kappa shape index (κ2) is 17.3. The average Bonchev–Trinajstić information content (AvgIpc) is 3.46. The maximum absolute atomic E-state index is 12.3. The van der Waals surface area contributed by atoms with Crippen LogP contribution in [0.25, 0.3) is 5.57 Å². The highest BCUT2D eigenvalue weighted by Gasteiger charge is 2.45. The van der Waals surface area contributed by atoms with Gasteiger partial charge in [0.25, 0.3) is 20.2 Å². The molecule has 0 bridgehead atoms.